The molecular formula is C21H17NO2S. The van der Waals surface area contributed by atoms with Gasteiger partial charge < -0.3 is 4.74 Å². The number of aliphatic imine (C=N–C) groups is 1. The molecule has 3 aromatic carbocycles. The van der Waals surface area contributed by atoms with Gasteiger partial charge >= 0.3 is 5.91 Å². The SMILES string of the molecule is C[C@@]1(SCc2ccccc2)OC(c2cccc3ccccc23)=NC1=O. The van der Waals surface area contributed by atoms with E-state index >= 15 is 0 Å². The van der Waals surface area contributed by atoms with Crippen molar-refractivity contribution in [1.29, 1.82) is 0 Å². The third-order valence-electron chi connectivity index (χ3n) is 4.26. The molecule has 0 radical (unpaired) electrons. The van der Waals surface area contributed by atoms with Gasteiger partial charge in [-0.25, -0.2) is 0 Å². The third-order valence-corrected chi connectivity index (χ3v) is 5.55. The zero-order valence-corrected chi connectivity index (χ0v) is 14.6. The maximum atomic E-state index is 12.5. The van der Waals surface area contributed by atoms with Gasteiger partial charge in [-0.05, 0) is 29.3 Å². The number of thioether (sulfide) groups is 1. The Hall–Kier alpha value is -2.59. The summed E-state index contributed by atoms with van der Waals surface area (Å²) in [5, 5.41) is 2.14. The van der Waals surface area contributed by atoms with E-state index in [2.05, 4.69) is 4.99 Å². The molecule has 3 aromatic rings. The second-order valence-corrected chi connectivity index (χ2v) is 7.43. The van der Waals surface area contributed by atoms with Crippen LogP contribution in [0.1, 0.15) is 18.1 Å². The highest BCUT2D eigenvalue weighted by atomic mass is 32.2. The molecular weight excluding hydrogens is 330 g/mol. The van der Waals surface area contributed by atoms with E-state index < -0.39 is 4.93 Å². The summed E-state index contributed by atoms with van der Waals surface area (Å²) in [5.74, 6) is 0.864. The maximum Gasteiger partial charge on any atom is 0.303 e. The smallest absolute Gasteiger partial charge is 0.303 e. The van der Waals surface area contributed by atoms with Gasteiger partial charge in [0.1, 0.15) is 0 Å². The molecule has 0 saturated heterocycles. The van der Waals surface area contributed by atoms with Crippen molar-refractivity contribution in [2.45, 2.75) is 17.6 Å². The van der Waals surface area contributed by atoms with Crippen LogP contribution in [-0.2, 0) is 15.3 Å². The summed E-state index contributed by atoms with van der Waals surface area (Å²) in [5.41, 5.74) is 2.01. The highest BCUT2D eigenvalue weighted by Gasteiger charge is 2.43. The zero-order valence-electron chi connectivity index (χ0n) is 13.8. The van der Waals surface area contributed by atoms with Gasteiger partial charge in [0, 0.05) is 11.3 Å². The zero-order chi connectivity index (χ0) is 17.3. The number of nitrogens with zero attached hydrogens (tertiary/aromatic N) is 1. The van der Waals surface area contributed by atoms with Crippen LogP contribution in [0, 0.1) is 0 Å². The lowest BCUT2D eigenvalue weighted by Gasteiger charge is -2.21. The molecule has 0 aromatic heterocycles. The van der Waals surface area contributed by atoms with Crippen LogP contribution in [0.25, 0.3) is 10.8 Å². The van der Waals surface area contributed by atoms with Crippen molar-refractivity contribution in [3.05, 3.63) is 83.9 Å². The number of rotatable bonds is 4. The molecule has 1 aliphatic rings. The minimum Gasteiger partial charge on any atom is -0.450 e. The molecule has 124 valence electrons. The molecule has 0 unspecified atom stereocenters. The van der Waals surface area contributed by atoms with E-state index in [4.69, 9.17) is 4.74 Å². The van der Waals surface area contributed by atoms with Gasteiger partial charge in [-0.2, -0.15) is 4.99 Å². The largest absolute Gasteiger partial charge is 0.450 e. The number of hydrogen-bond acceptors (Lipinski definition) is 3. The fourth-order valence-corrected chi connectivity index (χ4v) is 3.80. The summed E-state index contributed by atoms with van der Waals surface area (Å²) >= 11 is 1.47. The lowest BCUT2D eigenvalue weighted by molar-refractivity contribution is -0.123. The lowest BCUT2D eigenvalue weighted by Crippen LogP contribution is -2.29. The maximum absolute atomic E-state index is 12.5. The highest BCUT2D eigenvalue weighted by Crippen LogP contribution is 2.37. The minimum atomic E-state index is -0.984. The Labute approximate surface area is 150 Å². The predicted molar refractivity (Wildman–Crippen MR) is 103 cm³/mol. The summed E-state index contributed by atoms with van der Waals surface area (Å²) in [6, 6.07) is 24.0. The Morgan fingerprint density at radius 2 is 1.68 bits per heavy atom. The number of carbonyl (C=O) groups excluding carboxylic acids is 1. The first kappa shape index (κ1) is 15.9. The topological polar surface area (TPSA) is 38.7 Å². The Kier molecular flexibility index (Phi) is 4.06. The molecule has 0 bridgehead atoms. The molecule has 3 nitrogen and oxygen atoms in total. The molecule has 1 heterocycles. The molecule has 4 heteroatoms. The minimum absolute atomic E-state index is 0.239. The van der Waals surface area contributed by atoms with E-state index in [0.717, 1.165) is 21.9 Å². The molecule has 0 aliphatic carbocycles. The van der Waals surface area contributed by atoms with Crippen molar-refractivity contribution in [1.82, 2.24) is 0 Å². The van der Waals surface area contributed by atoms with E-state index in [1.165, 1.54) is 11.8 Å². The van der Waals surface area contributed by atoms with Crippen LogP contribution in [0.2, 0.25) is 0 Å². The summed E-state index contributed by atoms with van der Waals surface area (Å²) in [7, 11) is 0. The molecule has 0 spiro atoms. The molecule has 25 heavy (non-hydrogen) atoms. The lowest BCUT2D eigenvalue weighted by atomic mass is 10.0. The molecule has 1 atom stereocenters. The molecule has 0 fully saturated rings. The summed E-state index contributed by atoms with van der Waals surface area (Å²) < 4.78 is 6.04. The number of amides is 1. The fraction of sp³-hybridized carbons (Fsp3) is 0.143. The Bertz CT molecular complexity index is 963. The molecule has 1 aliphatic heterocycles. The number of carbonyl (C=O) groups is 1. The van der Waals surface area contributed by atoms with E-state index in [9.17, 15) is 4.79 Å². The van der Waals surface area contributed by atoms with E-state index in [-0.39, 0.29) is 5.91 Å². The van der Waals surface area contributed by atoms with Crippen LogP contribution in [0.3, 0.4) is 0 Å². The molecule has 1 amide bonds. The number of hydrogen-bond donors (Lipinski definition) is 0. The van der Waals surface area contributed by atoms with E-state index in [1.54, 1.807) is 6.92 Å². The van der Waals surface area contributed by atoms with Crippen molar-refractivity contribution >= 4 is 34.3 Å². The van der Waals surface area contributed by atoms with Crippen LogP contribution >= 0.6 is 11.8 Å². The monoisotopic (exact) mass is 347 g/mol. The first-order valence-electron chi connectivity index (χ1n) is 8.14. The predicted octanol–water partition coefficient (Wildman–Crippen LogP) is 4.79. The average Bonchev–Trinajstić information content (AvgIpc) is 2.95. The third kappa shape index (κ3) is 3.05. The van der Waals surface area contributed by atoms with Crippen molar-refractivity contribution in [3.8, 4) is 0 Å². The summed E-state index contributed by atoms with van der Waals surface area (Å²) in [6.45, 7) is 1.80. The van der Waals surface area contributed by atoms with Gasteiger partial charge in [0.2, 0.25) is 10.8 Å². The van der Waals surface area contributed by atoms with Crippen LogP contribution in [0.5, 0.6) is 0 Å². The van der Waals surface area contributed by atoms with Gasteiger partial charge in [0.15, 0.2) is 0 Å². The van der Waals surface area contributed by atoms with Crippen LogP contribution in [0.15, 0.2) is 77.8 Å². The van der Waals surface area contributed by atoms with E-state index in [1.807, 2.05) is 72.8 Å². The van der Waals surface area contributed by atoms with Gasteiger partial charge in [-0.1, -0.05) is 66.7 Å². The van der Waals surface area contributed by atoms with Crippen LogP contribution < -0.4 is 0 Å². The summed E-state index contributed by atoms with van der Waals surface area (Å²) in [4.78, 5) is 15.7. The number of fused-ring (bicyclic) bond motifs is 1. The Balaban J connectivity index is 1.59. The van der Waals surface area contributed by atoms with Crippen molar-refractivity contribution in [3.63, 3.8) is 0 Å². The molecule has 4 rings (SSSR count). The van der Waals surface area contributed by atoms with Crippen LogP contribution in [0.4, 0.5) is 0 Å². The quantitative estimate of drug-likeness (QED) is 0.681. The van der Waals surface area contributed by atoms with Crippen molar-refractivity contribution in [2.24, 2.45) is 4.99 Å². The normalized spacial score (nSPS) is 19.7. The Morgan fingerprint density at radius 1 is 0.960 bits per heavy atom. The Morgan fingerprint density at radius 3 is 2.52 bits per heavy atom. The van der Waals surface area contributed by atoms with Gasteiger partial charge in [0.05, 0.1) is 0 Å². The number of benzene rings is 3. The second kappa shape index (κ2) is 6.37. The standard InChI is InChI=1S/C21H17NO2S/c1-21(25-14-15-8-3-2-4-9-15)20(23)22-19(24-21)18-13-7-11-16-10-5-6-12-17(16)18/h2-13H,14H2,1H3/t21-/m0/s1. The first-order valence-corrected chi connectivity index (χ1v) is 9.12. The summed E-state index contributed by atoms with van der Waals surface area (Å²) in [6.07, 6.45) is 0. The van der Waals surface area contributed by atoms with Gasteiger partial charge in [-0.15, -0.1) is 11.8 Å². The molecule has 0 N–H and O–H groups in total. The van der Waals surface area contributed by atoms with Crippen LogP contribution in [-0.4, -0.2) is 16.7 Å². The number of ether oxygens (including phenoxy) is 1. The highest BCUT2D eigenvalue weighted by molar-refractivity contribution is 8.00. The van der Waals surface area contributed by atoms with Gasteiger partial charge in [-0.3, -0.25) is 4.79 Å². The fourth-order valence-electron chi connectivity index (χ4n) is 2.86. The first-order chi connectivity index (χ1) is 12.2. The average molecular weight is 347 g/mol. The van der Waals surface area contributed by atoms with E-state index in [0.29, 0.717) is 11.7 Å². The molecule has 0 saturated carbocycles. The van der Waals surface area contributed by atoms with Crippen molar-refractivity contribution < 1.29 is 9.53 Å². The van der Waals surface area contributed by atoms with Gasteiger partial charge in [0.25, 0.3) is 0 Å². The second-order valence-electron chi connectivity index (χ2n) is 6.07. The van der Waals surface area contributed by atoms with Crippen molar-refractivity contribution in [2.75, 3.05) is 0 Å².